The molecule has 24 heavy (non-hydrogen) atoms. The van der Waals surface area contributed by atoms with E-state index in [1.165, 1.54) is 26.2 Å². The van der Waals surface area contributed by atoms with E-state index >= 15 is 0 Å². The average Bonchev–Trinajstić information content (AvgIpc) is 2.54. The summed E-state index contributed by atoms with van der Waals surface area (Å²) in [4.78, 5) is 34.8. The Bertz CT molecular complexity index is 632. The maximum Gasteiger partial charge on any atom is 0.413 e. The van der Waals surface area contributed by atoms with Crippen LogP contribution in [0.5, 0.6) is 11.5 Å². The van der Waals surface area contributed by atoms with Gasteiger partial charge in [-0.2, -0.15) is 0 Å². The highest BCUT2D eigenvalue weighted by Crippen LogP contribution is 2.36. The zero-order valence-electron chi connectivity index (χ0n) is 13.7. The molecule has 9 heteroatoms. The summed E-state index contributed by atoms with van der Waals surface area (Å²) in [5.41, 5.74) is 0.156. The smallest absolute Gasteiger partial charge is 0.413 e. The highest BCUT2D eigenvalue weighted by molar-refractivity contribution is 9.10. The lowest BCUT2D eigenvalue weighted by molar-refractivity contribution is -0.128. The molecule has 0 radical (unpaired) electrons. The number of esters is 1. The molecule has 1 aromatic carbocycles. The number of hydrogen-bond acceptors (Lipinski definition) is 7. The predicted octanol–water partition coefficient (Wildman–Crippen LogP) is 2.28. The highest BCUT2D eigenvalue weighted by atomic mass is 79.9. The second-order valence-electron chi connectivity index (χ2n) is 4.45. The van der Waals surface area contributed by atoms with Crippen molar-refractivity contribution >= 4 is 33.9 Å². The summed E-state index contributed by atoms with van der Waals surface area (Å²) in [6.45, 7) is 3.50. The lowest BCUT2D eigenvalue weighted by Crippen LogP contribution is -2.39. The summed E-state index contributed by atoms with van der Waals surface area (Å²) < 4.78 is 20.4. The van der Waals surface area contributed by atoms with Gasteiger partial charge >= 0.3 is 12.1 Å². The molecule has 0 aliphatic heterocycles. The van der Waals surface area contributed by atoms with Gasteiger partial charge in [0.05, 0.1) is 30.9 Å². The number of imide groups is 1. The topological polar surface area (TPSA) is 100 Å². The molecule has 132 valence electrons. The Morgan fingerprint density at radius 3 is 2.46 bits per heavy atom. The van der Waals surface area contributed by atoms with Crippen LogP contribution in [0, 0.1) is 0 Å². The molecule has 0 spiro atoms. The molecule has 0 heterocycles. The molecule has 0 aliphatic carbocycles. The number of hydrogen-bond donors (Lipinski definition) is 1. The van der Waals surface area contributed by atoms with Crippen LogP contribution in [-0.4, -0.2) is 44.9 Å². The van der Waals surface area contributed by atoms with Crippen LogP contribution in [0.15, 0.2) is 16.6 Å². The third-order valence-electron chi connectivity index (χ3n) is 2.81. The molecule has 0 fully saturated rings. The maximum absolute atomic E-state index is 12.2. The maximum atomic E-state index is 12.2. The van der Waals surface area contributed by atoms with Crippen molar-refractivity contribution in [2.75, 3.05) is 20.8 Å². The monoisotopic (exact) mass is 403 g/mol. The third kappa shape index (κ3) is 5.12. The van der Waals surface area contributed by atoms with Gasteiger partial charge < -0.3 is 18.9 Å². The van der Waals surface area contributed by atoms with Crippen molar-refractivity contribution in [3.8, 4) is 11.5 Å². The Hall–Kier alpha value is -2.29. The van der Waals surface area contributed by atoms with Gasteiger partial charge in [-0.25, -0.2) is 9.59 Å². The van der Waals surface area contributed by atoms with Crippen molar-refractivity contribution in [3.63, 3.8) is 0 Å². The lowest BCUT2D eigenvalue weighted by atomic mass is 10.2. The molecule has 0 aliphatic rings. The van der Waals surface area contributed by atoms with Gasteiger partial charge in [-0.3, -0.25) is 10.1 Å². The van der Waals surface area contributed by atoms with Crippen molar-refractivity contribution in [1.82, 2.24) is 5.32 Å². The second kappa shape index (κ2) is 9.11. The Morgan fingerprint density at radius 1 is 1.25 bits per heavy atom. The summed E-state index contributed by atoms with van der Waals surface area (Å²) in [5, 5.41) is 1.92. The summed E-state index contributed by atoms with van der Waals surface area (Å²) in [5.74, 6) is -0.766. The minimum atomic E-state index is -1.19. The van der Waals surface area contributed by atoms with Crippen LogP contribution in [0.2, 0.25) is 0 Å². The summed E-state index contributed by atoms with van der Waals surface area (Å²) in [6.07, 6.45) is -2.12. The molecule has 0 unspecified atom stereocenters. The molecular formula is C15H18BrNO7. The highest BCUT2D eigenvalue weighted by Gasteiger charge is 2.23. The number of alkyl carbamates (subject to hydrolysis) is 1. The SMILES string of the molecule is CCOc1cc(C(=O)O[C@H](C)C(=O)NC(=O)OC)cc(Br)c1OC. The molecule has 1 rings (SSSR count). The van der Waals surface area contributed by atoms with E-state index in [2.05, 4.69) is 20.7 Å². The van der Waals surface area contributed by atoms with Crippen molar-refractivity contribution < 1.29 is 33.3 Å². The number of nitrogens with one attached hydrogen (secondary N) is 1. The van der Waals surface area contributed by atoms with Crippen LogP contribution in [-0.2, 0) is 14.3 Å². The molecule has 0 aromatic heterocycles. The Morgan fingerprint density at radius 2 is 1.92 bits per heavy atom. The first-order valence-electron chi connectivity index (χ1n) is 6.94. The fourth-order valence-corrected chi connectivity index (χ4v) is 2.29. The molecule has 0 saturated heterocycles. The largest absolute Gasteiger partial charge is 0.492 e. The molecule has 0 bridgehead atoms. The van der Waals surface area contributed by atoms with Crippen LogP contribution in [0.4, 0.5) is 4.79 Å². The van der Waals surface area contributed by atoms with Crippen LogP contribution in [0.3, 0.4) is 0 Å². The van der Waals surface area contributed by atoms with Gasteiger partial charge in [0.1, 0.15) is 0 Å². The second-order valence-corrected chi connectivity index (χ2v) is 5.31. The standard InChI is InChI=1S/C15H18BrNO7/c1-5-23-11-7-9(6-10(16)12(11)21-3)14(19)24-8(2)13(18)17-15(20)22-4/h6-8H,5H2,1-4H3,(H,17,18,20)/t8-/m1/s1. The van der Waals surface area contributed by atoms with Gasteiger partial charge in [0, 0.05) is 0 Å². The van der Waals surface area contributed by atoms with E-state index in [9.17, 15) is 14.4 Å². The van der Waals surface area contributed by atoms with Crippen LogP contribution < -0.4 is 14.8 Å². The van der Waals surface area contributed by atoms with E-state index in [1.54, 1.807) is 6.92 Å². The molecule has 0 saturated carbocycles. The summed E-state index contributed by atoms with van der Waals surface area (Å²) in [6, 6.07) is 2.93. The van der Waals surface area contributed by atoms with Crippen molar-refractivity contribution in [1.29, 1.82) is 0 Å². The summed E-state index contributed by atoms with van der Waals surface area (Å²) >= 11 is 3.28. The molecule has 1 atom stereocenters. The van der Waals surface area contributed by atoms with Crippen molar-refractivity contribution in [2.24, 2.45) is 0 Å². The minimum Gasteiger partial charge on any atom is -0.492 e. The number of benzene rings is 1. The van der Waals surface area contributed by atoms with E-state index < -0.39 is 24.1 Å². The Labute approximate surface area is 147 Å². The number of rotatable bonds is 6. The quantitative estimate of drug-likeness (QED) is 0.726. The van der Waals surface area contributed by atoms with Crippen LogP contribution >= 0.6 is 15.9 Å². The molecule has 1 aromatic rings. The predicted molar refractivity (Wildman–Crippen MR) is 87.3 cm³/mol. The van der Waals surface area contributed by atoms with Gasteiger partial charge in [0.25, 0.3) is 5.91 Å². The number of carbonyl (C=O) groups excluding carboxylic acids is 3. The average molecular weight is 404 g/mol. The first kappa shape index (κ1) is 19.8. The zero-order valence-corrected chi connectivity index (χ0v) is 15.3. The lowest BCUT2D eigenvalue weighted by Gasteiger charge is -2.15. The van der Waals surface area contributed by atoms with Gasteiger partial charge in [-0.05, 0) is 41.9 Å². The number of amides is 2. The number of methoxy groups -OCH3 is 2. The molecule has 1 N–H and O–H groups in total. The number of ether oxygens (including phenoxy) is 4. The van der Waals surface area contributed by atoms with Crippen LogP contribution in [0.25, 0.3) is 0 Å². The van der Waals surface area contributed by atoms with E-state index in [-0.39, 0.29) is 5.56 Å². The fraction of sp³-hybridized carbons (Fsp3) is 0.400. The number of carbonyl (C=O) groups is 3. The van der Waals surface area contributed by atoms with Gasteiger partial charge in [-0.15, -0.1) is 0 Å². The van der Waals surface area contributed by atoms with Crippen molar-refractivity contribution in [2.45, 2.75) is 20.0 Å². The minimum absolute atomic E-state index is 0.156. The Balaban J connectivity index is 2.91. The van der Waals surface area contributed by atoms with E-state index in [1.807, 2.05) is 5.32 Å². The van der Waals surface area contributed by atoms with Gasteiger partial charge in [-0.1, -0.05) is 0 Å². The molecule has 8 nitrogen and oxygen atoms in total. The molecular weight excluding hydrogens is 386 g/mol. The Kier molecular flexibility index (Phi) is 7.50. The number of halogens is 1. The fourth-order valence-electron chi connectivity index (χ4n) is 1.68. The van der Waals surface area contributed by atoms with E-state index in [4.69, 9.17) is 14.2 Å². The van der Waals surface area contributed by atoms with Gasteiger partial charge in [0.15, 0.2) is 17.6 Å². The zero-order chi connectivity index (χ0) is 18.3. The first-order chi connectivity index (χ1) is 11.3. The van der Waals surface area contributed by atoms with Crippen molar-refractivity contribution in [3.05, 3.63) is 22.2 Å². The first-order valence-corrected chi connectivity index (χ1v) is 7.73. The van der Waals surface area contributed by atoms with E-state index in [0.29, 0.717) is 22.6 Å². The normalized spacial score (nSPS) is 11.2. The molecule has 2 amide bonds. The third-order valence-corrected chi connectivity index (χ3v) is 3.40. The van der Waals surface area contributed by atoms with Gasteiger partial charge in [0.2, 0.25) is 0 Å². The van der Waals surface area contributed by atoms with E-state index in [0.717, 1.165) is 7.11 Å². The van der Waals surface area contributed by atoms with Crippen LogP contribution in [0.1, 0.15) is 24.2 Å². The summed E-state index contributed by atoms with van der Waals surface area (Å²) in [7, 11) is 2.59.